The van der Waals surface area contributed by atoms with Crippen LogP contribution in [0.2, 0.25) is 0 Å². The molecule has 0 saturated carbocycles. The molecule has 0 N–H and O–H groups in total. The van der Waals surface area contributed by atoms with E-state index in [1.54, 1.807) is 11.7 Å². The predicted octanol–water partition coefficient (Wildman–Crippen LogP) is 2.97. The van der Waals surface area contributed by atoms with Gasteiger partial charge in [-0.3, -0.25) is 9.48 Å². The molecular formula is C13H13BrF3N3O. The summed E-state index contributed by atoms with van der Waals surface area (Å²) in [4.78, 5) is 11.8. The Morgan fingerprint density at radius 2 is 2.00 bits per heavy atom. The van der Waals surface area contributed by atoms with Gasteiger partial charge in [-0.2, -0.15) is 18.3 Å². The third kappa shape index (κ3) is 3.20. The lowest BCUT2D eigenvalue weighted by Gasteiger charge is -2.11. The number of aromatic nitrogens is 3. The number of halogens is 4. The minimum Gasteiger partial charge on any atom is -0.309 e. The number of nitrogens with zero attached hydrogens (tertiary/aromatic N) is 3. The zero-order chi connectivity index (χ0) is 15.8. The number of aryl methyl sites for hydroxylation is 2. The fourth-order valence-electron chi connectivity index (χ4n) is 1.98. The lowest BCUT2D eigenvalue weighted by atomic mass is 10.2. The Balaban J connectivity index is 2.45. The van der Waals surface area contributed by atoms with Crippen molar-refractivity contribution in [1.82, 2.24) is 14.3 Å². The zero-order valence-electron chi connectivity index (χ0n) is 11.4. The van der Waals surface area contributed by atoms with Crippen molar-refractivity contribution >= 4 is 15.9 Å². The van der Waals surface area contributed by atoms with Crippen molar-refractivity contribution in [3.05, 3.63) is 50.1 Å². The number of alkyl halides is 3. The zero-order valence-corrected chi connectivity index (χ0v) is 13.0. The number of hydrogen-bond donors (Lipinski definition) is 0. The van der Waals surface area contributed by atoms with E-state index in [9.17, 15) is 18.0 Å². The van der Waals surface area contributed by atoms with Crippen molar-refractivity contribution in [1.29, 1.82) is 0 Å². The minimum absolute atomic E-state index is 0.0207. The Morgan fingerprint density at radius 1 is 1.33 bits per heavy atom. The first-order valence-corrected chi connectivity index (χ1v) is 7.01. The quantitative estimate of drug-likeness (QED) is 0.840. The van der Waals surface area contributed by atoms with Gasteiger partial charge in [0.15, 0.2) is 0 Å². The van der Waals surface area contributed by atoms with Crippen LogP contribution in [0.1, 0.15) is 23.9 Å². The van der Waals surface area contributed by atoms with Gasteiger partial charge in [-0.15, -0.1) is 0 Å². The third-order valence-corrected chi connectivity index (χ3v) is 4.05. The largest absolute Gasteiger partial charge is 0.417 e. The van der Waals surface area contributed by atoms with Crippen LogP contribution in [0.3, 0.4) is 0 Å². The molecule has 0 radical (unpaired) electrons. The van der Waals surface area contributed by atoms with Crippen molar-refractivity contribution in [2.24, 2.45) is 7.05 Å². The lowest BCUT2D eigenvalue weighted by molar-refractivity contribution is -0.138. The summed E-state index contributed by atoms with van der Waals surface area (Å²) in [5, 5.41) is 4.26. The fourth-order valence-corrected chi connectivity index (χ4v) is 2.72. The molecule has 2 aromatic heterocycles. The van der Waals surface area contributed by atoms with Crippen LogP contribution in [0.25, 0.3) is 0 Å². The molecule has 0 aliphatic rings. The molecule has 4 nitrogen and oxygen atoms in total. The summed E-state index contributed by atoms with van der Waals surface area (Å²) in [6.45, 7) is 1.94. The fraction of sp³-hybridized carbons (Fsp3) is 0.385. The molecule has 2 aromatic rings. The summed E-state index contributed by atoms with van der Waals surface area (Å²) in [5.74, 6) is 0. The van der Waals surface area contributed by atoms with Crippen LogP contribution in [0.15, 0.2) is 27.6 Å². The molecule has 0 aliphatic carbocycles. The molecule has 8 heteroatoms. The van der Waals surface area contributed by atoms with Gasteiger partial charge in [-0.25, -0.2) is 0 Å². The normalized spacial score (nSPS) is 11.9. The molecule has 21 heavy (non-hydrogen) atoms. The van der Waals surface area contributed by atoms with Crippen molar-refractivity contribution in [2.75, 3.05) is 0 Å². The lowest BCUT2D eigenvalue weighted by Crippen LogP contribution is -2.23. The highest BCUT2D eigenvalue weighted by atomic mass is 79.9. The first kappa shape index (κ1) is 15.8. The maximum absolute atomic E-state index is 12.7. The molecule has 0 aromatic carbocycles. The minimum atomic E-state index is -4.48. The highest BCUT2D eigenvalue weighted by Gasteiger charge is 2.31. The Hall–Kier alpha value is -1.57. The monoisotopic (exact) mass is 363 g/mol. The Labute approximate surface area is 127 Å². The van der Waals surface area contributed by atoms with Crippen LogP contribution >= 0.6 is 15.9 Å². The van der Waals surface area contributed by atoms with Gasteiger partial charge in [0.25, 0.3) is 5.56 Å². The van der Waals surface area contributed by atoms with Gasteiger partial charge in [0.2, 0.25) is 0 Å². The standard InChI is InChI=1S/C13H13BrF3N3O/c1-3-9-12(14)10(19(2)18-9)7-20-6-8(13(15,16)17)4-5-11(20)21/h4-6H,3,7H2,1-2H3. The highest BCUT2D eigenvalue weighted by molar-refractivity contribution is 9.10. The van der Waals surface area contributed by atoms with Crippen LogP contribution in [0.4, 0.5) is 13.2 Å². The van der Waals surface area contributed by atoms with E-state index in [1.807, 2.05) is 6.92 Å². The second-order valence-corrected chi connectivity index (χ2v) is 5.36. The molecule has 0 amide bonds. The first-order valence-electron chi connectivity index (χ1n) is 6.22. The molecule has 114 valence electrons. The van der Waals surface area contributed by atoms with E-state index >= 15 is 0 Å². The van der Waals surface area contributed by atoms with E-state index in [0.29, 0.717) is 12.1 Å². The van der Waals surface area contributed by atoms with Crippen LogP contribution in [0, 0.1) is 0 Å². The Bertz CT molecular complexity index is 718. The first-order chi connectivity index (χ1) is 9.74. The van der Waals surface area contributed by atoms with Gasteiger partial charge in [0, 0.05) is 19.3 Å². The maximum atomic E-state index is 12.7. The second kappa shape index (κ2) is 5.67. The predicted molar refractivity (Wildman–Crippen MR) is 75.1 cm³/mol. The van der Waals surface area contributed by atoms with E-state index in [4.69, 9.17) is 0 Å². The van der Waals surface area contributed by atoms with E-state index in [0.717, 1.165) is 33.1 Å². The van der Waals surface area contributed by atoms with E-state index in [-0.39, 0.29) is 6.54 Å². The van der Waals surface area contributed by atoms with Crippen molar-refractivity contribution in [3.63, 3.8) is 0 Å². The summed E-state index contributed by atoms with van der Waals surface area (Å²) in [6, 6.07) is 1.71. The summed E-state index contributed by atoms with van der Waals surface area (Å²) in [6.07, 6.45) is -2.97. The maximum Gasteiger partial charge on any atom is 0.417 e. The average Bonchev–Trinajstić information content (AvgIpc) is 2.67. The molecule has 2 rings (SSSR count). The summed E-state index contributed by atoms with van der Waals surface area (Å²) in [5.41, 5.74) is 0.103. The second-order valence-electron chi connectivity index (χ2n) is 4.57. The smallest absolute Gasteiger partial charge is 0.309 e. The average molecular weight is 364 g/mol. The van der Waals surface area contributed by atoms with E-state index in [2.05, 4.69) is 21.0 Å². The Kier molecular flexibility index (Phi) is 4.27. The highest BCUT2D eigenvalue weighted by Crippen LogP contribution is 2.28. The van der Waals surface area contributed by atoms with Crippen LogP contribution in [-0.4, -0.2) is 14.3 Å². The van der Waals surface area contributed by atoms with Gasteiger partial charge in [-0.1, -0.05) is 6.92 Å². The van der Waals surface area contributed by atoms with E-state index in [1.165, 1.54) is 0 Å². The van der Waals surface area contributed by atoms with E-state index < -0.39 is 17.3 Å². The Morgan fingerprint density at radius 3 is 2.52 bits per heavy atom. The van der Waals surface area contributed by atoms with Crippen molar-refractivity contribution in [3.8, 4) is 0 Å². The molecule has 0 atom stereocenters. The van der Waals surface area contributed by atoms with Gasteiger partial charge in [0.1, 0.15) is 0 Å². The van der Waals surface area contributed by atoms with Crippen LogP contribution < -0.4 is 5.56 Å². The molecule has 2 heterocycles. The van der Waals surface area contributed by atoms with Crippen molar-refractivity contribution in [2.45, 2.75) is 26.1 Å². The molecule has 0 bridgehead atoms. The molecule has 0 spiro atoms. The topological polar surface area (TPSA) is 39.8 Å². The summed E-state index contributed by atoms with van der Waals surface area (Å²) >= 11 is 3.38. The number of pyridine rings is 1. The van der Waals surface area contributed by atoms with Crippen LogP contribution in [-0.2, 0) is 26.2 Å². The molecular weight excluding hydrogens is 351 g/mol. The van der Waals surface area contributed by atoms with Gasteiger partial charge >= 0.3 is 6.18 Å². The molecule has 0 saturated heterocycles. The molecule has 0 aliphatic heterocycles. The number of rotatable bonds is 3. The van der Waals surface area contributed by atoms with Gasteiger partial charge in [-0.05, 0) is 28.4 Å². The number of hydrogen-bond acceptors (Lipinski definition) is 2. The summed E-state index contributed by atoms with van der Waals surface area (Å²) < 4.78 is 41.5. The third-order valence-electron chi connectivity index (χ3n) is 3.13. The van der Waals surface area contributed by atoms with Gasteiger partial charge < -0.3 is 4.57 Å². The van der Waals surface area contributed by atoms with Crippen molar-refractivity contribution < 1.29 is 13.2 Å². The molecule has 0 fully saturated rings. The molecule has 0 unspecified atom stereocenters. The van der Waals surface area contributed by atoms with Gasteiger partial charge in [0.05, 0.1) is 28.0 Å². The SMILES string of the molecule is CCc1nn(C)c(Cn2cc(C(F)(F)F)ccc2=O)c1Br. The van der Waals surface area contributed by atoms with Crippen LogP contribution in [0.5, 0.6) is 0 Å². The summed E-state index contributed by atoms with van der Waals surface area (Å²) in [7, 11) is 1.69.